The van der Waals surface area contributed by atoms with E-state index < -0.39 is 0 Å². The van der Waals surface area contributed by atoms with E-state index in [1.54, 1.807) is 0 Å². The van der Waals surface area contributed by atoms with Crippen molar-refractivity contribution in [2.24, 2.45) is 0 Å². The van der Waals surface area contributed by atoms with Gasteiger partial charge in [0.15, 0.2) is 0 Å². The summed E-state index contributed by atoms with van der Waals surface area (Å²) in [6.45, 7) is 9.64. The van der Waals surface area contributed by atoms with Crippen molar-refractivity contribution in [2.45, 2.75) is 44.4 Å². The normalized spacial score (nSPS) is 14.1. The van der Waals surface area contributed by atoms with Crippen molar-refractivity contribution < 1.29 is 4.42 Å². The van der Waals surface area contributed by atoms with E-state index in [4.69, 9.17) is 4.42 Å². The van der Waals surface area contributed by atoms with E-state index in [2.05, 4.69) is 234 Å². The van der Waals surface area contributed by atoms with Crippen LogP contribution in [0.5, 0.6) is 0 Å². The van der Waals surface area contributed by atoms with Crippen molar-refractivity contribution in [2.75, 3.05) is 0 Å². The molecule has 0 saturated heterocycles. The van der Waals surface area contributed by atoms with Crippen molar-refractivity contribution in [3.05, 3.63) is 251 Å². The highest BCUT2D eigenvalue weighted by Crippen LogP contribution is 2.54. The van der Waals surface area contributed by atoms with Gasteiger partial charge in [-0.2, -0.15) is 0 Å². The quantitative estimate of drug-likeness (QED) is 0.152. The van der Waals surface area contributed by atoms with Crippen LogP contribution in [-0.2, 0) is 10.8 Å². The first-order chi connectivity index (χ1) is 32.2. The fourth-order valence-electron chi connectivity index (χ4n) is 11.8. The van der Waals surface area contributed by atoms with Crippen molar-refractivity contribution in [1.29, 1.82) is 0 Å². The summed E-state index contributed by atoms with van der Waals surface area (Å²) in [5, 5.41) is 4.80. The molecule has 0 bridgehead atoms. The minimum atomic E-state index is -0.185. The van der Waals surface area contributed by atoms with Crippen LogP contribution in [0.1, 0.15) is 72.6 Å². The molecule has 1 nitrogen and oxygen atoms in total. The molecule has 1 heteroatoms. The van der Waals surface area contributed by atoms with Crippen LogP contribution < -0.4 is 0 Å². The van der Waals surface area contributed by atoms with Gasteiger partial charge in [-0.15, -0.1) is 0 Å². The van der Waals surface area contributed by atoms with Crippen molar-refractivity contribution >= 4 is 32.7 Å². The number of fused-ring (bicyclic) bond motifs is 10. The second-order valence-corrected chi connectivity index (χ2v) is 19.6. The van der Waals surface area contributed by atoms with Gasteiger partial charge in [-0.25, -0.2) is 0 Å². The van der Waals surface area contributed by atoms with Crippen LogP contribution in [0.4, 0.5) is 0 Å². The smallest absolute Gasteiger partial charge is 0.135 e. The zero-order valence-corrected chi connectivity index (χ0v) is 37.7. The molecular formula is C65H48O. The summed E-state index contributed by atoms with van der Waals surface area (Å²) < 4.78 is 6.27. The van der Waals surface area contributed by atoms with E-state index in [0.717, 1.165) is 21.9 Å². The molecule has 0 saturated carbocycles. The van der Waals surface area contributed by atoms with Gasteiger partial charge in [0, 0.05) is 27.5 Å². The third-order valence-electron chi connectivity index (χ3n) is 15.2. The molecule has 0 unspecified atom stereocenters. The van der Waals surface area contributed by atoms with Gasteiger partial charge >= 0.3 is 0 Å². The third-order valence-corrected chi connectivity index (χ3v) is 15.2. The largest absolute Gasteiger partial charge is 0.456 e. The zero-order valence-electron chi connectivity index (χ0n) is 37.7. The Hall–Kier alpha value is -7.74. The van der Waals surface area contributed by atoms with E-state index in [1.807, 2.05) is 6.07 Å². The Morgan fingerprint density at radius 1 is 0.303 bits per heavy atom. The first-order valence-electron chi connectivity index (χ1n) is 23.4. The molecular weight excluding hydrogens is 797 g/mol. The molecule has 0 spiro atoms. The van der Waals surface area contributed by atoms with E-state index in [1.165, 1.54) is 105 Å². The Labute approximate surface area is 386 Å². The molecule has 1 aromatic heterocycles. The Balaban J connectivity index is 0.988. The highest BCUT2D eigenvalue weighted by Gasteiger charge is 2.39. The summed E-state index contributed by atoms with van der Waals surface area (Å²) in [6.07, 6.45) is 0. The van der Waals surface area contributed by atoms with Crippen LogP contribution in [0.15, 0.2) is 217 Å². The SMILES string of the molecule is CC1(C)c2cc(-c3ccccc3)ccc2-c2ccc(C(c3ccc4c(c3)C(C)(C)c3cc(-c5ccccc5)ccc3-4)c3ccc(-c4ccc5oc6ccccc6c5c4)c4ccccc34)cc21. The highest BCUT2D eigenvalue weighted by atomic mass is 16.3. The van der Waals surface area contributed by atoms with Gasteiger partial charge in [0.25, 0.3) is 0 Å². The molecule has 0 atom stereocenters. The predicted octanol–water partition coefficient (Wildman–Crippen LogP) is 17.5. The molecule has 10 aromatic carbocycles. The Bertz CT molecular complexity index is 3600. The van der Waals surface area contributed by atoms with Crippen molar-refractivity contribution in [1.82, 2.24) is 0 Å². The first kappa shape index (κ1) is 38.7. The van der Waals surface area contributed by atoms with Crippen LogP contribution >= 0.6 is 0 Å². The number of rotatable bonds is 6. The molecule has 0 aliphatic heterocycles. The summed E-state index contributed by atoms with van der Waals surface area (Å²) in [5.41, 5.74) is 23.7. The lowest BCUT2D eigenvalue weighted by Crippen LogP contribution is -2.17. The Morgan fingerprint density at radius 3 is 1.32 bits per heavy atom. The van der Waals surface area contributed by atoms with Crippen LogP contribution in [0.3, 0.4) is 0 Å². The molecule has 0 radical (unpaired) electrons. The molecule has 2 aliphatic rings. The van der Waals surface area contributed by atoms with Gasteiger partial charge in [0.1, 0.15) is 11.2 Å². The molecule has 2 aliphatic carbocycles. The average molecular weight is 845 g/mol. The number of furan rings is 1. The molecule has 314 valence electrons. The van der Waals surface area contributed by atoms with E-state index in [-0.39, 0.29) is 16.7 Å². The zero-order chi connectivity index (χ0) is 44.3. The van der Waals surface area contributed by atoms with Crippen LogP contribution in [-0.4, -0.2) is 0 Å². The van der Waals surface area contributed by atoms with Gasteiger partial charge in [-0.3, -0.25) is 0 Å². The van der Waals surface area contributed by atoms with Gasteiger partial charge < -0.3 is 4.42 Å². The molecule has 0 N–H and O–H groups in total. The first-order valence-corrected chi connectivity index (χ1v) is 23.4. The number of benzene rings is 10. The molecule has 0 amide bonds. The van der Waals surface area contributed by atoms with Crippen molar-refractivity contribution in [3.8, 4) is 55.6 Å². The van der Waals surface area contributed by atoms with Gasteiger partial charge in [-0.1, -0.05) is 210 Å². The second-order valence-electron chi connectivity index (χ2n) is 19.6. The average Bonchev–Trinajstić information content (AvgIpc) is 3.93. The lowest BCUT2D eigenvalue weighted by atomic mass is 9.76. The maximum Gasteiger partial charge on any atom is 0.135 e. The minimum Gasteiger partial charge on any atom is -0.456 e. The Kier molecular flexibility index (Phi) is 8.43. The van der Waals surface area contributed by atoms with Crippen LogP contribution in [0, 0.1) is 0 Å². The molecule has 1 heterocycles. The fraction of sp³-hybridized carbons (Fsp3) is 0.108. The predicted molar refractivity (Wildman–Crippen MR) is 276 cm³/mol. The third kappa shape index (κ3) is 5.79. The fourth-order valence-corrected chi connectivity index (χ4v) is 11.8. The monoisotopic (exact) mass is 844 g/mol. The van der Waals surface area contributed by atoms with Crippen molar-refractivity contribution in [3.63, 3.8) is 0 Å². The lowest BCUT2D eigenvalue weighted by molar-refractivity contribution is 0.657. The van der Waals surface area contributed by atoms with E-state index in [0.29, 0.717) is 0 Å². The maximum absolute atomic E-state index is 6.27. The summed E-state index contributed by atoms with van der Waals surface area (Å²) in [5.74, 6) is -0.0290. The molecule has 66 heavy (non-hydrogen) atoms. The topological polar surface area (TPSA) is 13.1 Å². The van der Waals surface area contributed by atoms with Crippen LogP contribution in [0.25, 0.3) is 88.3 Å². The number of hydrogen-bond acceptors (Lipinski definition) is 1. The molecule has 0 fully saturated rings. The molecule has 11 aromatic rings. The second kappa shape index (κ2) is 14.4. The lowest BCUT2D eigenvalue weighted by Gasteiger charge is -2.27. The van der Waals surface area contributed by atoms with E-state index >= 15 is 0 Å². The van der Waals surface area contributed by atoms with E-state index in [9.17, 15) is 0 Å². The highest BCUT2D eigenvalue weighted by molar-refractivity contribution is 6.08. The summed E-state index contributed by atoms with van der Waals surface area (Å²) in [6, 6.07) is 79.3. The van der Waals surface area contributed by atoms with Gasteiger partial charge in [0.05, 0.1) is 0 Å². The van der Waals surface area contributed by atoms with Gasteiger partial charge in [-0.05, 0) is 136 Å². The maximum atomic E-state index is 6.27. The summed E-state index contributed by atoms with van der Waals surface area (Å²) in [7, 11) is 0. The minimum absolute atomic E-state index is 0.0290. The Morgan fingerprint density at radius 2 is 0.742 bits per heavy atom. The van der Waals surface area contributed by atoms with Gasteiger partial charge in [0.2, 0.25) is 0 Å². The summed E-state index contributed by atoms with van der Waals surface area (Å²) >= 11 is 0. The number of para-hydroxylation sites is 1. The summed E-state index contributed by atoms with van der Waals surface area (Å²) in [4.78, 5) is 0. The standard InChI is InChI=1S/C65H48O/c1-64(2)57-36-42(40-15-7-5-8-16-40)23-28-50(57)52-30-25-45(38-59(52)64)63(46-26-31-53-51-29-24-43(41-17-9-6-10-18-41)37-58(51)65(3,4)60(53)39-46)55-33-32-47(48-19-11-12-20-49(48)55)44-27-34-62-56(35-44)54-21-13-14-22-61(54)66-62/h5-39,63H,1-4H3. The number of hydrogen-bond donors (Lipinski definition) is 0. The molecule has 13 rings (SSSR count). The van der Waals surface area contributed by atoms with Crippen LogP contribution in [0.2, 0.25) is 0 Å².